The molecule has 2 aromatic heterocycles. The number of halogens is 1. The Kier molecular flexibility index (Phi) is 3.06. The first-order valence-corrected chi connectivity index (χ1v) is 6.69. The average molecular weight is 289 g/mol. The molecule has 0 radical (unpaired) electrons. The van der Waals surface area contributed by atoms with Crippen molar-refractivity contribution in [3.63, 3.8) is 0 Å². The van der Waals surface area contributed by atoms with Crippen molar-refractivity contribution in [1.82, 2.24) is 19.3 Å². The van der Waals surface area contributed by atoms with Crippen molar-refractivity contribution < 1.29 is 4.79 Å². The summed E-state index contributed by atoms with van der Waals surface area (Å²) in [4.78, 5) is 16.9. The molecule has 0 aliphatic heterocycles. The fraction of sp³-hybridized carbons (Fsp3) is 0.214. The highest BCUT2D eigenvalue weighted by molar-refractivity contribution is 6.34. The van der Waals surface area contributed by atoms with Crippen LogP contribution in [0, 0.1) is 0 Å². The van der Waals surface area contributed by atoms with E-state index in [1.54, 1.807) is 7.05 Å². The Labute approximate surface area is 120 Å². The molecule has 5 nitrogen and oxygen atoms in total. The number of nitrogens with zero attached hydrogens (tertiary/aromatic N) is 4. The number of aryl methyl sites for hydroxylation is 2. The number of para-hydroxylation sites is 2. The molecule has 0 N–H and O–H groups in total. The summed E-state index contributed by atoms with van der Waals surface area (Å²) in [5.74, 6) is -0.224. The SMILES string of the molecule is CCc1nn(C)c(C(=O)n2cnc3ccccc32)c1Cl. The van der Waals surface area contributed by atoms with Gasteiger partial charge < -0.3 is 0 Å². The predicted octanol–water partition coefficient (Wildman–Crippen LogP) is 2.67. The van der Waals surface area contributed by atoms with Gasteiger partial charge in [0.1, 0.15) is 12.0 Å². The van der Waals surface area contributed by atoms with Crippen molar-refractivity contribution in [3.8, 4) is 0 Å². The number of benzene rings is 1. The predicted molar refractivity (Wildman–Crippen MR) is 77.1 cm³/mol. The standard InChI is InChI=1S/C14H13ClN4O/c1-3-9-12(15)13(18(2)17-9)14(20)19-8-16-10-6-4-5-7-11(10)19/h4-8H,3H2,1-2H3. The molecule has 0 atom stereocenters. The van der Waals surface area contributed by atoms with Crippen LogP contribution in [0.15, 0.2) is 30.6 Å². The van der Waals surface area contributed by atoms with Crippen molar-refractivity contribution in [2.45, 2.75) is 13.3 Å². The third kappa shape index (κ3) is 1.82. The number of fused-ring (bicyclic) bond motifs is 1. The van der Waals surface area contributed by atoms with Gasteiger partial charge in [-0.1, -0.05) is 30.7 Å². The molecule has 0 fully saturated rings. The summed E-state index contributed by atoms with van der Waals surface area (Å²) in [5.41, 5.74) is 2.64. The van der Waals surface area contributed by atoms with E-state index in [0.717, 1.165) is 16.7 Å². The molecular weight excluding hydrogens is 276 g/mol. The molecule has 0 saturated carbocycles. The molecule has 2 heterocycles. The summed E-state index contributed by atoms with van der Waals surface area (Å²) in [5, 5.41) is 4.68. The second-order valence-electron chi connectivity index (χ2n) is 4.49. The van der Waals surface area contributed by atoms with Gasteiger partial charge in [0.25, 0.3) is 5.91 Å². The summed E-state index contributed by atoms with van der Waals surface area (Å²) < 4.78 is 3.02. The lowest BCUT2D eigenvalue weighted by atomic mass is 10.2. The molecule has 0 aliphatic carbocycles. The van der Waals surface area contributed by atoms with Gasteiger partial charge in [-0.05, 0) is 18.6 Å². The van der Waals surface area contributed by atoms with Crippen LogP contribution in [-0.4, -0.2) is 25.2 Å². The smallest absolute Gasteiger partial charge is 0.266 e. The molecule has 3 aromatic rings. The maximum Gasteiger partial charge on any atom is 0.283 e. The van der Waals surface area contributed by atoms with E-state index in [9.17, 15) is 4.79 Å². The maximum atomic E-state index is 12.7. The Morgan fingerprint density at radius 2 is 2.10 bits per heavy atom. The minimum absolute atomic E-state index is 0.224. The molecule has 3 rings (SSSR count). The monoisotopic (exact) mass is 288 g/mol. The summed E-state index contributed by atoms with van der Waals surface area (Å²) in [6.07, 6.45) is 2.20. The summed E-state index contributed by atoms with van der Waals surface area (Å²) >= 11 is 6.25. The van der Waals surface area contributed by atoms with E-state index < -0.39 is 0 Å². The number of aromatic nitrogens is 4. The van der Waals surface area contributed by atoms with Crippen LogP contribution in [0.4, 0.5) is 0 Å². The largest absolute Gasteiger partial charge is 0.283 e. The lowest BCUT2D eigenvalue weighted by Gasteiger charge is -2.04. The number of carbonyl (C=O) groups is 1. The van der Waals surface area contributed by atoms with E-state index in [4.69, 9.17) is 11.6 Å². The third-order valence-corrected chi connectivity index (χ3v) is 3.66. The van der Waals surface area contributed by atoms with Gasteiger partial charge in [0.05, 0.1) is 21.7 Å². The molecular formula is C14H13ClN4O. The quantitative estimate of drug-likeness (QED) is 0.728. The molecule has 20 heavy (non-hydrogen) atoms. The van der Waals surface area contributed by atoms with Gasteiger partial charge in [-0.2, -0.15) is 5.10 Å². The topological polar surface area (TPSA) is 52.7 Å². The fourth-order valence-electron chi connectivity index (χ4n) is 2.25. The molecule has 6 heteroatoms. The van der Waals surface area contributed by atoms with Crippen molar-refractivity contribution in [2.24, 2.45) is 7.05 Å². The normalized spacial score (nSPS) is 11.2. The molecule has 0 amide bonds. The molecule has 0 unspecified atom stereocenters. The Hall–Kier alpha value is -2.14. The van der Waals surface area contributed by atoms with Gasteiger partial charge in [-0.3, -0.25) is 14.0 Å². The van der Waals surface area contributed by atoms with Crippen LogP contribution in [0.1, 0.15) is 23.1 Å². The van der Waals surface area contributed by atoms with Crippen molar-refractivity contribution in [2.75, 3.05) is 0 Å². The number of carbonyl (C=O) groups excluding carboxylic acids is 1. The first-order valence-electron chi connectivity index (χ1n) is 6.31. The number of imidazole rings is 1. The van der Waals surface area contributed by atoms with Crippen LogP contribution >= 0.6 is 11.6 Å². The number of hydrogen-bond acceptors (Lipinski definition) is 3. The van der Waals surface area contributed by atoms with Crippen LogP contribution in [0.5, 0.6) is 0 Å². The maximum absolute atomic E-state index is 12.7. The van der Waals surface area contributed by atoms with Gasteiger partial charge in [-0.25, -0.2) is 4.98 Å². The van der Waals surface area contributed by atoms with Gasteiger partial charge in [-0.15, -0.1) is 0 Å². The first-order chi connectivity index (χ1) is 9.63. The lowest BCUT2D eigenvalue weighted by molar-refractivity contribution is 0.0955. The Morgan fingerprint density at radius 1 is 1.35 bits per heavy atom. The highest BCUT2D eigenvalue weighted by Crippen LogP contribution is 2.23. The minimum atomic E-state index is -0.224. The summed E-state index contributed by atoms with van der Waals surface area (Å²) in [7, 11) is 1.72. The van der Waals surface area contributed by atoms with Crippen molar-refractivity contribution in [3.05, 3.63) is 47.0 Å². The minimum Gasteiger partial charge on any atom is -0.266 e. The zero-order valence-electron chi connectivity index (χ0n) is 11.2. The van der Waals surface area contributed by atoms with E-state index in [-0.39, 0.29) is 5.91 Å². The van der Waals surface area contributed by atoms with E-state index in [1.807, 2.05) is 31.2 Å². The summed E-state index contributed by atoms with van der Waals surface area (Å²) in [6.45, 7) is 1.95. The van der Waals surface area contributed by atoms with Gasteiger partial charge in [0.2, 0.25) is 0 Å². The molecule has 0 saturated heterocycles. The van der Waals surface area contributed by atoms with Crippen LogP contribution < -0.4 is 0 Å². The van der Waals surface area contributed by atoms with Crippen molar-refractivity contribution >= 4 is 28.5 Å². The zero-order valence-corrected chi connectivity index (χ0v) is 11.9. The van der Waals surface area contributed by atoms with Crippen LogP contribution in [-0.2, 0) is 13.5 Å². The second-order valence-corrected chi connectivity index (χ2v) is 4.87. The Balaban J connectivity index is 2.16. The van der Waals surface area contributed by atoms with Gasteiger partial charge >= 0.3 is 0 Å². The highest BCUT2D eigenvalue weighted by atomic mass is 35.5. The lowest BCUT2D eigenvalue weighted by Crippen LogP contribution is -2.15. The van der Waals surface area contributed by atoms with Crippen molar-refractivity contribution in [1.29, 1.82) is 0 Å². The Bertz CT molecular complexity index is 803. The molecule has 0 aliphatic rings. The van der Waals surface area contributed by atoms with E-state index in [0.29, 0.717) is 17.1 Å². The van der Waals surface area contributed by atoms with Gasteiger partial charge in [0.15, 0.2) is 0 Å². The highest BCUT2D eigenvalue weighted by Gasteiger charge is 2.22. The van der Waals surface area contributed by atoms with Crippen LogP contribution in [0.25, 0.3) is 11.0 Å². The first kappa shape index (κ1) is 12.9. The second kappa shape index (κ2) is 4.76. The molecule has 0 spiro atoms. The van der Waals surface area contributed by atoms with Crippen LogP contribution in [0.3, 0.4) is 0 Å². The number of rotatable bonds is 2. The summed E-state index contributed by atoms with van der Waals surface area (Å²) in [6, 6.07) is 7.47. The Morgan fingerprint density at radius 3 is 2.80 bits per heavy atom. The fourth-order valence-corrected chi connectivity index (χ4v) is 2.62. The van der Waals surface area contributed by atoms with Gasteiger partial charge in [0, 0.05) is 7.05 Å². The van der Waals surface area contributed by atoms with E-state index in [2.05, 4.69) is 10.1 Å². The molecule has 102 valence electrons. The third-order valence-electron chi connectivity index (χ3n) is 3.27. The molecule has 0 bridgehead atoms. The van der Waals surface area contributed by atoms with Crippen LogP contribution in [0.2, 0.25) is 5.02 Å². The van der Waals surface area contributed by atoms with E-state index >= 15 is 0 Å². The average Bonchev–Trinajstić information content (AvgIpc) is 2.99. The zero-order chi connectivity index (χ0) is 14.3. The molecule has 1 aromatic carbocycles. The van der Waals surface area contributed by atoms with E-state index in [1.165, 1.54) is 15.6 Å². The number of hydrogen-bond donors (Lipinski definition) is 0.